The summed E-state index contributed by atoms with van der Waals surface area (Å²) < 4.78 is 1.61. The third kappa shape index (κ3) is 3.90. The fourth-order valence-corrected chi connectivity index (χ4v) is 5.20. The molecule has 2 heterocycles. The SMILES string of the molecule is C[C@@H]1Cc2nc(SCC(=O)c3ccc(Cl)cc3)n(-c3ccccc3)c(=O)c2S1. The van der Waals surface area contributed by atoms with E-state index >= 15 is 0 Å². The first-order chi connectivity index (χ1) is 13.5. The van der Waals surface area contributed by atoms with Crippen LogP contribution in [0.5, 0.6) is 0 Å². The number of fused-ring (bicyclic) bond motifs is 1. The zero-order valence-electron chi connectivity index (χ0n) is 15.1. The van der Waals surface area contributed by atoms with E-state index in [-0.39, 0.29) is 17.1 Å². The lowest BCUT2D eigenvalue weighted by Crippen LogP contribution is -2.24. The Labute approximate surface area is 176 Å². The molecular formula is C21H17ClN2O2S2. The quantitative estimate of drug-likeness (QED) is 0.328. The normalized spacial score (nSPS) is 15.4. The number of para-hydroxylation sites is 1. The third-order valence-corrected chi connectivity index (χ3v) is 6.80. The van der Waals surface area contributed by atoms with Gasteiger partial charge < -0.3 is 0 Å². The molecule has 0 unspecified atom stereocenters. The van der Waals surface area contributed by atoms with Gasteiger partial charge in [0.05, 0.1) is 22.0 Å². The lowest BCUT2D eigenvalue weighted by molar-refractivity contribution is 0.102. The summed E-state index contributed by atoms with van der Waals surface area (Å²) in [5.41, 5.74) is 2.11. The van der Waals surface area contributed by atoms with Gasteiger partial charge in [0.1, 0.15) is 0 Å². The number of benzene rings is 2. The minimum Gasteiger partial charge on any atom is -0.293 e. The molecule has 2 aromatic carbocycles. The second kappa shape index (κ2) is 8.15. The van der Waals surface area contributed by atoms with E-state index in [2.05, 4.69) is 6.92 Å². The van der Waals surface area contributed by atoms with E-state index in [0.717, 1.165) is 17.8 Å². The number of carbonyl (C=O) groups is 1. The van der Waals surface area contributed by atoms with Gasteiger partial charge in [-0.25, -0.2) is 4.98 Å². The smallest absolute Gasteiger partial charge is 0.272 e. The van der Waals surface area contributed by atoms with Gasteiger partial charge in [0.2, 0.25) is 0 Å². The van der Waals surface area contributed by atoms with Gasteiger partial charge in [-0.05, 0) is 36.4 Å². The standard InChI is InChI=1S/C21H17ClN2O2S2/c1-13-11-17-19(28-13)20(26)24(16-5-3-2-4-6-16)21(23-17)27-12-18(25)14-7-9-15(22)10-8-14/h2-10,13H,11-12H2,1H3/t13-/m1/s1. The van der Waals surface area contributed by atoms with Gasteiger partial charge in [0.25, 0.3) is 5.56 Å². The first kappa shape index (κ1) is 19.3. The molecule has 28 heavy (non-hydrogen) atoms. The maximum Gasteiger partial charge on any atom is 0.272 e. The van der Waals surface area contributed by atoms with Crippen LogP contribution in [0.3, 0.4) is 0 Å². The molecule has 1 aliphatic rings. The van der Waals surface area contributed by atoms with Crippen LogP contribution in [0.4, 0.5) is 0 Å². The maximum atomic E-state index is 13.2. The summed E-state index contributed by atoms with van der Waals surface area (Å²) in [7, 11) is 0. The predicted molar refractivity (Wildman–Crippen MR) is 115 cm³/mol. The number of ketones is 1. The van der Waals surface area contributed by atoms with Crippen molar-refractivity contribution in [3.63, 3.8) is 0 Å². The fraction of sp³-hybridized carbons (Fsp3) is 0.190. The molecule has 3 aromatic rings. The van der Waals surface area contributed by atoms with Crippen molar-refractivity contribution >= 4 is 40.9 Å². The van der Waals surface area contributed by atoms with Gasteiger partial charge in [-0.2, -0.15) is 0 Å². The minimum atomic E-state index is -0.0630. The summed E-state index contributed by atoms with van der Waals surface area (Å²) in [5, 5.41) is 1.47. The van der Waals surface area contributed by atoms with Crippen molar-refractivity contribution in [2.75, 3.05) is 5.75 Å². The van der Waals surface area contributed by atoms with Gasteiger partial charge in [-0.3, -0.25) is 14.2 Å². The number of rotatable bonds is 5. The summed E-state index contributed by atoms with van der Waals surface area (Å²) in [5.74, 6) is 0.168. The molecule has 1 aromatic heterocycles. The van der Waals surface area contributed by atoms with E-state index in [0.29, 0.717) is 25.9 Å². The predicted octanol–water partition coefficient (Wildman–Crippen LogP) is 4.90. The Morgan fingerprint density at radius 2 is 1.93 bits per heavy atom. The van der Waals surface area contributed by atoms with Crippen molar-refractivity contribution in [1.29, 1.82) is 0 Å². The van der Waals surface area contributed by atoms with Crippen LogP contribution in [0.1, 0.15) is 23.0 Å². The van der Waals surface area contributed by atoms with Crippen LogP contribution in [-0.2, 0) is 6.42 Å². The van der Waals surface area contributed by atoms with E-state index in [1.807, 2.05) is 30.3 Å². The van der Waals surface area contributed by atoms with Crippen LogP contribution in [0, 0.1) is 0 Å². The monoisotopic (exact) mass is 428 g/mol. The Morgan fingerprint density at radius 3 is 2.64 bits per heavy atom. The summed E-state index contributed by atoms with van der Waals surface area (Å²) in [6.45, 7) is 2.09. The zero-order valence-corrected chi connectivity index (χ0v) is 17.5. The Hall–Kier alpha value is -2.02. The van der Waals surface area contributed by atoms with Crippen molar-refractivity contribution in [3.8, 4) is 5.69 Å². The first-order valence-electron chi connectivity index (χ1n) is 8.82. The Morgan fingerprint density at radius 1 is 1.21 bits per heavy atom. The van der Waals surface area contributed by atoms with Crippen molar-refractivity contribution in [2.45, 2.75) is 28.6 Å². The van der Waals surface area contributed by atoms with E-state index in [1.165, 1.54) is 11.8 Å². The average Bonchev–Trinajstić information content (AvgIpc) is 3.08. The molecule has 0 saturated carbocycles. The highest BCUT2D eigenvalue weighted by Gasteiger charge is 2.27. The molecular weight excluding hydrogens is 412 g/mol. The highest BCUT2D eigenvalue weighted by Crippen LogP contribution is 2.35. The average molecular weight is 429 g/mol. The van der Waals surface area contributed by atoms with Crippen LogP contribution in [0.15, 0.2) is 69.4 Å². The van der Waals surface area contributed by atoms with Gasteiger partial charge >= 0.3 is 0 Å². The molecule has 0 radical (unpaired) electrons. The molecule has 4 nitrogen and oxygen atoms in total. The molecule has 0 amide bonds. The zero-order chi connectivity index (χ0) is 19.7. The number of Topliss-reactive ketones (excluding diaryl/α,β-unsaturated/α-hetero) is 1. The number of thioether (sulfide) groups is 2. The van der Waals surface area contributed by atoms with Crippen LogP contribution < -0.4 is 5.56 Å². The summed E-state index contributed by atoms with van der Waals surface area (Å²) in [6, 6.07) is 16.3. The van der Waals surface area contributed by atoms with Crippen LogP contribution in [0.25, 0.3) is 5.69 Å². The van der Waals surface area contributed by atoms with Crippen LogP contribution in [0.2, 0.25) is 5.02 Å². The Balaban J connectivity index is 1.69. The molecule has 0 aliphatic carbocycles. The summed E-state index contributed by atoms with van der Waals surface area (Å²) in [6.07, 6.45) is 0.767. The Kier molecular flexibility index (Phi) is 5.62. The molecule has 0 N–H and O–H groups in total. The molecule has 0 spiro atoms. The largest absolute Gasteiger partial charge is 0.293 e. The highest BCUT2D eigenvalue weighted by atomic mass is 35.5. The topological polar surface area (TPSA) is 52.0 Å². The molecule has 1 aliphatic heterocycles. The van der Waals surface area contributed by atoms with Crippen LogP contribution >= 0.6 is 35.1 Å². The van der Waals surface area contributed by atoms with Gasteiger partial charge in [0, 0.05) is 22.3 Å². The molecule has 0 bridgehead atoms. The number of aromatic nitrogens is 2. The number of nitrogens with zero attached hydrogens (tertiary/aromatic N) is 2. The summed E-state index contributed by atoms with van der Waals surface area (Å²) in [4.78, 5) is 31.2. The molecule has 0 fully saturated rings. The van der Waals surface area contributed by atoms with Crippen molar-refractivity contribution in [3.05, 3.63) is 81.2 Å². The molecule has 142 valence electrons. The lowest BCUT2D eigenvalue weighted by Gasteiger charge is -2.13. The van der Waals surface area contributed by atoms with Crippen molar-refractivity contribution in [1.82, 2.24) is 9.55 Å². The van der Waals surface area contributed by atoms with E-state index in [1.54, 1.807) is 40.6 Å². The number of halogens is 1. The van der Waals surface area contributed by atoms with Gasteiger partial charge in [-0.15, -0.1) is 11.8 Å². The van der Waals surface area contributed by atoms with Crippen molar-refractivity contribution < 1.29 is 4.79 Å². The second-order valence-corrected chi connectivity index (χ2v) is 9.33. The van der Waals surface area contributed by atoms with Crippen LogP contribution in [-0.4, -0.2) is 26.3 Å². The molecule has 1 atom stereocenters. The lowest BCUT2D eigenvalue weighted by atomic mass is 10.1. The van der Waals surface area contributed by atoms with E-state index in [4.69, 9.17) is 16.6 Å². The van der Waals surface area contributed by atoms with Gasteiger partial charge in [-0.1, -0.05) is 48.5 Å². The Bertz CT molecular complexity index is 1080. The summed E-state index contributed by atoms with van der Waals surface area (Å²) >= 11 is 8.76. The fourth-order valence-electron chi connectivity index (χ4n) is 3.05. The van der Waals surface area contributed by atoms with Gasteiger partial charge in [0.15, 0.2) is 10.9 Å². The molecule has 0 saturated heterocycles. The van der Waals surface area contributed by atoms with Crippen molar-refractivity contribution in [2.24, 2.45) is 0 Å². The minimum absolute atomic E-state index is 0.0289. The number of hydrogen-bond donors (Lipinski definition) is 0. The molecule has 7 heteroatoms. The van der Waals surface area contributed by atoms with E-state index in [9.17, 15) is 9.59 Å². The number of hydrogen-bond acceptors (Lipinski definition) is 5. The highest BCUT2D eigenvalue weighted by molar-refractivity contribution is 8.00. The third-order valence-electron chi connectivity index (χ3n) is 4.39. The maximum absolute atomic E-state index is 13.2. The molecule has 4 rings (SSSR count). The van der Waals surface area contributed by atoms with E-state index < -0.39 is 0 Å². The first-order valence-corrected chi connectivity index (χ1v) is 11.1. The second-order valence-electron chi connectivity index (χ2n) is 6.50. The number of carbonyl (C=O) groups excluding carboxylic acids is 1.